The first-order valence-corrected chi connectivity index (χ1v) is 6.92. The van der Waals surface area contributed by atoms with E-state index in [9.17, 15) is 0 Å². The van der Waals surface area contributed by atoms with Crippen molar-refractivity contribution in [3.8, 4) is 0 Å². The Morgan fingerprint density at radius 3 is 2.48 bits per heavy atom. The molecule has 0 radical (unpaired) electrons. The number of nitrogens with zero attached hydrogens (tertiary/aromatic N) is 1. The van der Waals surface area contributed by atoms with Crippen LogP contribution in [0.1, 0.15) is 11.4 Å². The van der Waals surface area contributed by atoms with Crippen LogP contribution in [-0.2, 0) is 0 Å². The average Bonchev–Trinajstić information content (AvgIpc) is 2.95. The molecule has 1 heterocycles. The molecule has 0 aliphatic rings. The van der Waals surface area contributed by atoms with Crippen LogP contribution < -0.4 is 5.32 Å². The molecule has 104 valence electrons. The van der Waals surface area contributed by atoms with E-state index >= 15 is 0 Å². The predicted molar refractivity (Wildman–Crippen MR) is 90.2 cm³/mol. The van der Waals surface area contributed by atoms with Gasteiger partial charge in [0.05, 0.1) is 11.0 Å². The van der Waals surface area contributed by atoms with Gasteiger partial charge in [-0.05, 0) is 35.9 Å². The lowest BCUT2D eigenvalue weighted by molar-refractivity contribution is 1.29. The van der Waals surface area contributed by atoms with Gasteiger partial charge in [0, 0.05) is 12.7 Å². The van der Waals surface area contributed by atoms with Gasteiger partial charge in [-0.3, -0.25) is 0 Å². The maximum atomic E-state index is 4.50. The smallest absolute Gasteiger partial charge is 0.131 e. The van der Waals surface area contributed by atoms with Crippen LogP contribution in [0.15, 0.2) is 60.7 Å². The molecular formula is C18H17N3. The number of nitrogens with one attached hydrogen (secondary N) is 2. The molecular weight excluding hydrogens is 258 g/mol. The molecule has 3 aromatic rings. The average molecular weight is 275 g/mol. The van der Waals surface area contributed by atoms with Gasteiger partial charge in [0.1, 0.15) is 5.82 Å². The molecule has 0 bridgehead atoms. The molecule has 0 saturated heterocycles. The van der Waals surface area contributed by atoms with Gasteiger partial charge in [-0.15, -0.1) is 0 Å². The molecule has 0 spiro atoms. The number of allylic oxidation sites excluding steroid dienone is 2. The molecule has 0 saturated carbocycles. The number of imidazole rings is 1. The summed E-state index contributed by atoms with van der Waals surface area (Å²) in [6.45, 7) is 0. The van der Waals surface area contributed by atoms with Crippen LogP contribution in [-0.4, -0.2) is 17.0 Å². The molecule has 3 rings (SSSR count). The summed E-state index contributed by atoms with van der Waals surface area (Å²) < 4.78 is 0. The quantitative estimate of drug-likeness (QED) is 0.696. The summed E-state index contributed by atoms with van der Waals surface area (Å²) >= 11 is 0. The topological polar surface area (TPSA) is 40.7 Å². The number of rotatable bonds is 4. The second-order valence-corrected chi connectivity index (χ2v) is 4.73. The fourth-order valence-corrected chi connectivity index (χ4v) is 2.13. The summed E-state index contributed by atoms with van der Waals surface area (Å²) in [6.07, 6.45) is 8.04. The number of aromatic amines is 1. The highest BCUT2D eigenvalue weighted by molar-refractivity contribution is 5.76. The highest BCUT2D eigenvalue weighted by atomic mass is 14.9. The van der Waals surface area contributed by atoms with E-state index in [1.165, 1.54) is 5.56 Å². The number of para-hydroxylation sites is 2. The summed E-state index contributed by atoms with van der Waals surface area (Å²) in [5.74, 6) is 0.867. The van der Waals surface area contributed by atoms with Crippen LogP contribution in [0.5, 0.6) is 0 Å². The van der Waals surface area contributed by atoms with Gasteiger partial charge < -0.3 is 10.3 Å². The Morgan fingerprint density at radius 1 is 0.952 bits per heavy atom. The summed E-state index contributed by atoms with van der Waals surface area (Å²) in [4.78, 5) is 7.76. The minimum atomic E-state index is 0.867. The second kappa shape index (κ2) is 6.09. The van der Waals surface area contributed by atoms with Crippen molar-refractivity contribution in [3.63, 3.8) is 0 Å². The zero-order valence-corrected chi connectivity index (χ0v) is 11.9. The van der Waals surface area contributed by atoms with Gasteiger partial charge in [0.2, 0.25) is 0 Å². The Bertz CT molecular complexity index is 747. The minimum Gasteiger partial charge on any atom is -0.388 e. The summed E-state index contributed by atoms with van der Waals surface area (Å²) in [5, 5.41) is 3.11. The SMILES string of the molecule is CNc1ccc(C=CC=Cc2nc3ccccc3[nH]2)cc1. The van der Waals surface area contributed by atoms with Crippen molar-refractivity contribution >= 4 is 28.9 Å². The number of anilines is 1. The van der Waals surface area contributed by atoms with Gasteiger partial charge >= 0.3 is 0 Å². The molecule has 0 atom stereocenters. The maximum Gasteiger partial charge on any atom is 0.131 e. The van der Waals surface area contributed by atoms with Crippen molar-refractivity contribution < 1.29 is 0 Å². The molecule has 0 aliphatic heterocycles. The van der Waals surface area contributed by atoms with E-state index in [1.54, 1.807) is 0 Å². The van der Waals surface area contributed by atoms with Crippen molar-refractivity contribution in [1.29, 1.82) is 0 Å². The van der Waals surface area contributed by atoms with Gasteiger partial charge in [-0.1, -0.05) is 42.5 Å². The summed E-state index contributed by atoms with van der Waals surface area (Å²) in [6, 6.07) is 16.3. The molecule has 1 aromatic heterocycles. The fraction of sp³-hybridized carbons (Fsp3) is 0.0556. The monoisotopic (exact) mass is 275 g/mol. The van der Waals surface area contributed by atoms with E-state index < -0.39 is 0 Å². The van der Waals surface area contributed by atoms with Crippen LogP contribution in [0.2, 0.25) is 0 Å². The third-order valence-corrected chi connectivity index (χ3v) is 3.26. The highest BCUT2D eigenvalue weighted by Crippen LogP contribution is 2.12. The van der Waals surface area contributed by atoms with Crippen LogP contribution in [0.3, 0.4) is 0 Å². The lowest BCUT2D eigenvalue weighted by Crippen LogP contribution is -1.86. The summed E-state index contributed by atoms with van der Waals surface area (Å²) in [5.41, 5.74) is 4.33. The molecule has 0 fully saturated rings. The third kappa shape index (κ3) is 3.20. The van der Waals surface area contributed by atoms with Crippen LogP contribution in [0, 0.1) is 0 Å². The number of hydrogen-bond donors (Lipinski definition) is 2. The van der Waals surface area contributed by atoms with E-state index in [4.69, 9.17) is 0 Å². The van der Waals surface area contributed by atoms with Crippen molar-refractivity contribution in [1.82, 2.24) is 9.97 Å². The lowest BCUT2D eigenvalue weighted by atomic mass is 10.2. The van der Waals surface area contributed by atoms with Crippen molar-refractivity contribution in [2.45, 2.75) is 0 Å². The number of benzene rings is 2. The van der Waals surface area contributed by atoms with Gasteiger partial charge in [-0.2, -0.15) is 0 Å². The molecule has 0 unspecified atom stereocenters. The van der Waals surface area contributed by atoms with Crippen LogP contribution in [0.4, 0.5) is 5.69 Å². The highest BCUT2D eigenvalue weighted by Gasteiger charge is 1.96. The number of fused-ring (bicyclic) bond motifs is 1. The third-order valence-electron chi connectivity index (χ3n) is 3.26. The van der Waals surface area contributed by atoms with Crippen molar-refractivity contribution in [3.05, 3.63) is 72.1 Å². The fourth-order valence-electron chi connectivity index (χ4n) is 2.13. The first kappa shape index (κ1) is 13.2. The largest absolute Gasteiger partial charge is 0.388 e. The van der Waals surface area contributed by atoms with Gasteiger partial charge in [0.25, 0.3) is 0 Å². The van der Waals surface area contributed by atoms with Crippen LogP contribution in [0.25, 0.3) is 23.2 Å². The Kier molecular flexibility index (Phi) is 3.83. The van der Waals surface area contributed by atoms with E-state index in [0.29, 0.717) is 0 Å². The Labute approximate surface area is 124 Å². The Balaban J connectivity index is 1.69. The molecule has 0 amide bonds. The zero-order chi connectivity index (χ0) is 14.5. The maximum absolute atomic E-state index is 4.50. The molecule has 2 aromatic carbocycles. The van der Waals surface area contributed by atoms with E-state index in [2.05, 4.69) is 45.6 Å². The molecule has 3 nitrogen and oxygen atoms in total. The first-order chi connectivity index (χ1) is 10.3. The normalized spacial score (nSPS) is 11.7. The Morgan fingerprint density at radius 2 is 1.71 bits per heavy atom. The standard InChI is InChI=1S/C18H17N3/c1-19-15-12-10-14(11-13-15)6-2-5-9-18-20-16-7-3-4-8-17(16)21-18/h2-13,19H,1H3,(H,20,21). The minimum absolute atomic E-state index is 0.867. The van der Waals surface area contributed by atoms with E-state index in [0.717, 1.165) is 22.5 Å². The molecule has 21 heavy (non-hydrogen) atoms. The lowest BCUT2D eigenvalue weighted by Gasteiger charge is -1.98. The number of aromatic nitrogens is 2. The van der Waals surface area contributed by atoms with E-state index in [-0.39, 0.29) is 0 Å². The zero-order valence-electron chi connectivity index (χ0n) is 11.9. The number of H-pyrrole nitrogens is 1. The van der Waals surface area contributed by atoms with E-state index in [1.807, 2.05) is 49.5 Å². The first-order valence-electron chi connectivity index (χ1n) is 6.92. The second-order valence-electron chi connectivity index (χ2n) is 4.73. The predicted octanol–water partition coefficient (Wildman–Crippen LogP) is 4.33. The summed E-state index contributed by atoms with van der Waals surface area (Å²) in [7, 11) is 1.92. The molecule has 3 heteroatoms. The number of hydrogen-bond acceptors (Lipinski definition) is 2. The van der Waals surface area contributed by atoms with Crippen molar-refractivity contribution in [2.75, 3.05) is 12.4 Å². The Hall–Kier alpha value is -2.81. The molecule has 2 N–H and O–H groups in total. The van der Waals surface area contributed by atoms with Gasteiger partial charge in [-0.25, -0.2) is 4.98 Å². The van der Waals surface area contributed by atoms with Gasteiger partial charge in [0.15, 0.2) is 0 Å². The van der Waals surface area contributed by atoms with Crippen LogP contribution >= 0.6 is 0 Å². The van der Waals surface area contributed by atoms with Crippen molar-refractivity contribution in [2.24, 2.45) is 0 Å². The molecule has 0 aliphatic carbocycles.